The fourth-order valence-corrected chi connectivity index (χ4v) is 2.70. The van der Waals surface area contributed by atoms with Crippen molar-refractivity contribution in [2.75, 3.05) is 30.5 Å². The Morgan fingerprint density at radius 1 is 1.58 bits per heavy atom. The molecule has 1 aromatic rings. The van der Waals surface area contributed by atoms with Crippen LogP contribution in [0.25, 0.3) is 0 Å². The Labute approximate surface area is 118 Å². The number of anilines is 1. The highest BCUT2D eigenvalue weighted by Crippen LogP contribution is 2.23. The standard InChI is InChI=1S/C11H15NO5S2/c1-17-11(16)10-8(2-3-19-10)12-9(15)6-18-5-7(14)4-13/h2-3,7,13-14H,4-6H2,1H3,(H,12,15). The molecular weight excluding hydrogens is 290 g/mol. The molecule has 0 aromatic carbocycles. The molecule has 0 bridgehead atoms. The summed E-state index contributed by atoms with van der Waals surface area (Å²) in [5.74, 6) is -0.363. The second-order valence-electron chi connectivity index (χ2n) is 3.55. The molecule has 0 spiro atoms. The van der Waals surface area contributed by atoms with E-state index in [2.05, 4.69) is 10.1 Å². The monoisotopic (exact) mass is 305 g/mol. The Morgan fingerprint density at radius 2 is 2.32 bits per heavy atom. The van der Waals surface area contributed by atoms with Crippen LogP contribution in [0, 0.1) is 0 Å². The minimum absolute atomic E-state index is 0.132. The topological polar surface area (TPSA) is 95.9 Å². The van der Waals surface area contributed by atoms with E-state index in [1.165, 1.54) is 30.2 Å². The van der Waals surface area contributed by atoms with E-state index in [9.17, 15) is 9.59 Å². The Morgan fingerprint density at radius 3 is 2.95 bits per heavy atom. The van der Waals surface area contributed by atoms with Crippen molar-refractivity contribution in [2.45, 2.75) is 6.10 Å². The van der Waals surface area contributed by atoms with Crippen molar-refractivity contribution in [3.63, 3.8) is 0 Å². The summed E-state index contributed by atoms with van der Waals surface area (Å²) in [5.41, 5.74) is 0.421. The lowest BCUT2D eigenvalue weighted by Crippen LogP contribution is -2.19. The highest BCUT2D eigenvalue weighted by Gasteiger charge is 2.15. The van der Waals surface area contributed by atoms with E-state index in [0.717, 1.165) is 0 Å². The summed E-state index contributed by atoms with van der Waals surface area (Å²) in [6.07, 6.45) is -0.829. The van der Waals surface area contributed by atoms with Gasteiger partial charge in [-0.05, 0) is 11.4 Å². The molecule has 1 atom stereocenters. The van der Waals surface area contributed by atoms with Crippen molar-refractivity contribution in [2.24, 2.45) is 0 Å². The highest BCUT2D eigenvalue weighted by atomic mass is 32.2. The van der Waals surface area contributed by atoms with Gasteiger partial charge in [0.2, 0.25) is 5.91 Å². The predicted molar refractivity (Wildman–Crippen MR) is 74.7 cm³/mol. The number of aliphatic hydroxyl groups excluding tert-OH is 2. The van der Waals surface area contributed by atoms with Crippen molar-refractivity contribution in [3.8, 4) is 0 Å². The molecule has 1 heterocycles. The second-order valence-corrected chi connectivity index (χ2v) is 5.50. The lowest BCUT2D eigenvalue weighted by atomic mass is 10.4. The Balaban J connectivity index is 2.44. The van der Waals surface area contributed by atoms with Crippen molar-refractivity contribution >= 4 is 40.7 Å². The van der Waals surface area contributed by atoms with Gasteiger partial charge in [0.25, 0.3) is 0 Å². The quantitative estimate of drug-likeness (QED) is 0.637. The number of ether oxygens (including phenoxy) is 1. The first-order valence-electron chi connectivity index (χ1n) is 5.40. The first-order chi connectivity index (χ1) is 9.08. The zero-order chi connectivity index (χ0) is 14.3. The minimum atomic E-state index is -0.829. The first kappa shape index (κ1) is 16.0. The van der Waals surface area contributed by atoms with Crippen molar-refractivity contribution in [1.29, 1.82) is 0 Å². The molecule has 0 aliphatic rings. The molecule has 0 saturated heterocycles. The highest BCUT2D eigenvalue weighted by molar-refractivity contribution is 8.00. The smallest absolute Gasteiger partial charge is 0.350 e. The molecule has 0 aliphatic carbocycles. The molecule has 106 valence electrons. The number of aliphatic hydroxyl groups is 2. The second kappa shape index (κ2) is 8.16. The number of thioether (sulfide) groups is 1. The zero-order valence-corrected chi connectivity index (χ0v) is 11.9. The van der Waals surface area contributed by atoms with Crippen molar-refractivity contribution in [3.05, 3.63) is 16.3 Å². The third-order valence-corrected chi connectivity index (χ3v) is 4.05. The summed E-state index contributed by atoms with van der Waals surface area (Å²) in [4.78, 5) is 23.4. The van der Waals surface area contributed by atoms with Crippen molar-refractivity contribution in [1.82, 2.24) is 0 Å². The molecule has 19 heavy (non-hydrogen) atoms. The number of methoxy groups -OCH3 is 1. The maximum atomic E-state index is 11.6. The average molecular weight is 305 g/mol. The summed E-state index contributed by atoms with van der Waals surface area (Å²) in [6, 6.07) is 1.63. The largest absolute Gasteiger partial charge is 0.465 e. The van der Waals surface area contributed by atoms with Crippen LogP contribution in [0.2, 0.25) is 0 Å². The maximum Gasteiger partial charge on any atom is 0.350 e. The number of amides is 1. The van der Waals surface area contributed by atoms with Gasteiger partial charge in [-0.3, -0.25) is 4.79 Å². The van der Waals surface area contributed by atoms with Gasteiger partial charge in [-0.25, -0.2) is 4.79 Å². The molecule has 1 rings (SSSR count). The molecule has 0 fully saturated rings. The predicted octanol–water partition coefficient (Wildman–Crippen LogP) is 0.560. The summed E-state index contributed by atoms with van der Waals surface area (Å²) in [7, 11) is 1.28. The van der Waals surface area contributed by atoms with Crippen LogP contribution in [0.1, 0.15) is 9.67 Å². The van der Waals surface area contributed by atoms with Crippen LogP contribution in [-0.4, -0.2) is 53.4 Å². The van der Waals surface area contributed by atoms with Gasteiger partial charge in [0.15, 0.2) is 0 Å². The third kappa shape index (κ3) is 5.19. The molecule has 0 aliphatic heterocycles. The van der Waals surface area contributed by atoms with Gasteiger partial charge in [-0.2, -0.15) is 0 Å². The number of esters is 1. The summed E-state index contributed by atoms with van der Waals surface area (Å²) in [5, 5.41) is 22.0. The van der Waals surface area contributed by atoms with Crippen LogP contribution in [0.15, 0.2) is 11.4 Å². The van der Waals surface area contributed by atoms with E-state index in [0.29, 0.717) is 10.6 Å². The summed E-state index contributed by atoms with van der Waals surface area (Å²) in [6.45, 7) is -0.328. The number of carbonyl (C=O) groups is 2. The maximum absolute atomic E-state index is 11.6. The number of rotatable bonds is 7. The van der Waals surface area contributed by atoms with Gasteiger partial charge in [0.1, 0.15) is 4.88 Å². The van der Waals surface area contributed by atoms with E-state index in [1.54, 1.807) is 11.4 Å². The van der Waals surface area contributed by atoms with Crippen LogP contribution in [-0.2, 0) is 9.53 Å². The summed E-state index contributed by atoms with van der Waals surface area (Å²) >= 11 is 2.39. The van der Waals surface area contributed by atoms with E-state index in [4.69, 9.17) is 10.2 Å². The van der Waals surface area contributed by atoms with E-state index >= 15 is 0 Å². The van der Waals surface area contributed by atoms with Crippen LogP contribution < -0.4 is 5.32 Å². The number of carbonyl (C=O) groups excluding carboxylic acids is 2. The zero-order valence-electron chi connectivity index (χ0n) is 10.3. The van der Waals surface area contributed by atoms with Crippen molar-refractivity contribution < 1.29 is 24.5 Å². The van der Waals surface area contributed by atoms with Crippen LogP contribution >= 0.6 is 23.1 Å². The van der Waals surface area contributed by atoms with E-state index in [1.807, 2.05) is 0 Å². The van der Waals surface area contributed by atoms with Gasteiger partial charge in [-0.15, -0.1) is 23.1 Å². The van der Waals surface area contributed by atoms with Gasteiger partial charge >= 0.3 is 5.97 Å². The number of hydrogen-bond donors (Lipinski definition) is 3. The minimum Gasteiger partial charge on any atom is -0.465 e. The van der Waals surface area contributed by atoms with Crippen LogP contribution in [0.5, 0.6) is 0 Å². The average Bonchev–Trinajstić information content (AvgIpc) is 2.85. The van der Waals surface area contributed by atoms with Gasteiger partial charge in [0, 0.05) is 5.75 Å². The van der Waals surface area contributed by atoms with Gasteiger partial charge in [0.05, 0.1) is 31.3 Å². The first-order valence-corrected chi connectivity index (χ1v) is 7.44. The lowest BCUT2D eigenvalue weighted by molar-refractivity contribution is -0.113. The normalized spacial score (nSPS) is 11.9. The Kier molecular flexibility index (Phi) is 6.85. The van der Waals surface area contributed by atoms with Gasteiger partial charge in [-0.1, -0.05) is 0 Å². The van der Waals surface area contributed by atoms with E-state index in [-0.39, 0.29) is 24.0 Å². The number of hydrogen-bond acceptors (Lipinski definition) is 7. The summed E-state index contributed by atoms with van der Waals surface area (Å²) < 4.78 is 4.60. The fourth-order valence-electron chi connectivity index (χ4n) is 1.19. The van der Waals surface area contributed by atoms with Gasteiger partial charge < -0.3 is 20.3 Å². The third-order valence-electron chi connectivity index (χ3n) is 2.06. The molecule has 3 N–H and O–H groups in total. The molecule has 1 amide bonds. The molecule has 0 radical (unpaired) electrons. The molecule has 1 unspecified atom stereocenters. The Hall–Kier alpha value is -1.09. The Bertz CT molecular complexity index is 434. The molecule has 8 heteroatoms. The van der Waals surface area contributed by atoms with Crippen LogP contribution in [0.4, 0.5) is 5.69 Å². The lowest BCUT2D eigenvalue weighted by Gasteiger charge is -2.07. The number of thiophene rings is 1. The fraction of sp³-hybridized carbons (Fsp3) is 0.455. The molecule has 1 aromatic heterocycles. The number of nitrogens with one attached hydrogen (secondary N) is 1. The molecule has 0 saturated carbocycles. The van der Waals surface area contributed by atoms with E-state index < -0.39 is 12.1 Å². The SMILES string of the molecule is COC(=O)c1sccc1NC(=O)CSCC(O)CO. The molecular formula is C11H15NO5S2. The van der Waals surface area contributed by atoms with Crippen LogP contribution in [0.3, 0.4) is 0 Å². The molecule has 6 nitrogen and oxygen atoms in total.